The summed E-state index contributed by atoms with van der Waals surface area (Å²) in [6, 6.07) is 3.53. The van der Waals surface area contributed by atoms with Gasteiger partial charge in [0, 0.05) is 12.6 Å². The van der Waals surface area contributed by atoms with Gasteiger partial charge < -0.3 is 15.1 Å². The number of nitrogens with zero attached hydrogens (tertiary/aromatic N) is 2. The van der Waals surface area contributed by atoms with Crippen molar-refractivity contribution in [3.63, 3.8) is 0 Å². The second kappa shape index (κ2) is 9.92. The van der Waals surface area contributed by atoms with Gasteiger partial charge in [0.1, 0.15) is 6.04 Å². The van der Waals surface area contributed by atoms with E-state index in [1.165, 1.54) is 11.3 Å². The molecule has 1 aliphatic rings. The van der Waals surface area contributed by atoms with E-state index in [9.17, 15) is 9.59 Å². The lowest BCUT2D eigenvalue weighted by molar-refractivity contribution is -0.125. The number of hydrogen-bond donors (Lipinski definition) is 1. The van der Waals surface area contributed by atoms with Gasteiger partial charge >= 0.3 is 0 Å². The Morgan fingerprint density at radius 2 is 2.16 bits per heavy atom. The molecule has 5 nitrogen and oxygen atoms in total. The molecular weight excluding hydrogens is 334 g/mol. The van der Waals surface area contributed by atoms with Crippen molar-refractivity contribution >= 4 is 23.2 Å². The van der Waals surface area contributed by atoms with E-state index in [2.05, 4.69) is 31.0 Å². The highest BCUT2D eigenvalue weighted by molar-refractivity contribution is 7.12. The van der Waals surface area contributed by atoms with E-state index in [1.807, 2.05) is 17.5 Å². The third-order valence-corrected chi connectivity index (χ3v) is 5.80. The quantitative estimate of drug-likeness (QED) is 0.732. The van der Waals surface area contributed by atoms with Crippen molar-refractivity contribution in [2.45, 2.75) is 58.5 Å². The minimum absolute atomic E-state index is 0.00209. The van der Waals surface area contributed by atoms with Crippen molar-refractivity contribution < 1.29 is 9.59 Å². The number of thiophene rings is 1. The fraction of sp³-hybridized carbons (Fsp3) is 0.684. The highest BCUT2D eigenvalue weighted by Gasteiger charge is 2.35. The van der Waals surface area contributed by atoms with Gasteiger partial charge in [0.25, 0.3) is 5.91 Å². The molecule has 2 amide bonds. The molecule has 1 fully saturated rings. The van der Waals surface area contributed by atoms with Crippen LogP contribution in [0.5, 0.6) is 0 Å². The summed E-state index contributed by atoms with van der Waals surface area (Å²) in [4.78, 5) is 30.1. The summed E-state index contributed by atoms with van der Waals surface area (Å²) in [5.74, 6) is -0.0143. The zero-order valence-electron chi connectivity index (χ0n) is 15.7. The zero-order valence-corrected chi connectivity index (χ0v) is 16.5. The molecule has 0 aliphatic carbocycles. The van der Waals surface area contributed by atoms with Crippen LogP contribution in [0.15, 0.2) is 17.5 Å². The maximum Gasteiger partial charge on any atom is 0.264 e. The van der Waals surface area contributed by atoms with Crippen LogP contribution in [0.3, 0.4) is 0 Å². The van der Waals surface area contributed by atoms with Gasteiger partial charge in [-0.2, -0.15) is 0 Å². The van der Waals surface area contributed by atoms with Gasteiger partial charge in [-0.05, 0) is 63.7 Å². The number of likely N-dealkylation sites (tertiary alicyclic amines) is 1. The minimum atomic E-state index is -0.320. The molecule has 0 aromatic carbocycles. The topological polar surface area (TPSA) is 52.7 Å². The monoisotopic (exact) mass is 365 g/mol. The lowest BCUT2D eigenvalue weighted by Gasteiger charge is -2.25. The number of amides is 2. The summed E-state index contributed by atoms with van der Waals surface area (Å²) in [5, 5.41) is 5.01. The van der Waals surface area contributed by atoms with Crippen LogP contribution in [0, 0.1) is 0 Å². The van der Waals surface area contributed by atoms with Crippen molar-refractivity contribution in [3.8, 4) is 0 Å². The number of nitrogens with one attached hydrogen (secondary N) is 1. The van der Waals surface area contributed by atoms with E-state index < -0.39 is 0 Å². The fourth-order valence-corrected chi connectivity index (χ4v) is 4.08. The second-order valence-corrected chi connectivity index (χ2v) is 7.66. The van der Waals surface area contributed by atoms with Crippen molar-refractivity contribution in [1.29, 1.82) is 0 Å². The molecule has 0 radical (unpaired) electrons. The minimum Gasteiger partial charge on any atom is -0.352 e. The molecule has 0 saturated carbocycles. The molecular formula is C19H31N3O2S. The van der Waals surface area contributed by atoms with E-state index in [0.717, 1.165) is 45.3 Å². The zero-order chi connectivity index (χ0) is 18.2. The fourth-order valence-electron chi connectivity index (χ4n) is 3.40. The number of carbonyl (C=O) groups excluding carboxylic acids is 2. The maximum absolute atomic E-state index is 12.6. The Morgan fingerprint density at radius 3 is 2.80 bits per heavy atom. The molecule has 0 unspecified atom stereocenters. The normalized spacial score (nSPS) is 18.6. The molecule has 1 N–H and O–H groups in total. The Hall–Kier alpha value is -1.40. The molecule has 1 aliphatic heterocycles. The standard InChI is InChI=1S/C19H31N3O2S/c1-4-21(5-2)12-6-9-15(3)20-18(23)16-10-7-13-22(16)19(24)17-11-8-14-25-17/h8,11,14-16H,4-7,9-10,12-13H2,1-3H3,(H,20,23)/t15-,16-/m0/s1. The average Bonchev–Trinajstić information content (AvgIpc) is 3.29. The first-order valence-corrected chi connectivity index (χ1v) is 10.3. The van der Waals surface area contributed by atoms with Gasteiger partial charge in [0.05, 0.1) is 4.88 Å². The Morgan fingerprint density at radius 1 is 1.40 bits per heavy atom. The highest BCUT2D eigenvalue weighted by atomic mass is 32.1. The second-order valence-electron chi connectivity index (χ2n) is 6.71. The van der Waals surface area contributed by atoms with Crippen molar-refractivity contribution in [3.05, 3.63) is 22.4 Å². The van der Waals surface area contributed by atoms with E-state index >= 15 is 0 Å². The molecule has 2 rings (SSSR count). The summed E-state index contributed by atoms with van der Waals surface area (Å²) in [6.45, 7) is 10.3. The van der Waals surface area contributed by atoms with Crippen molar-refractivity contribution in [2.24, 2.45) is 0 Å². The summed E-state index contributed by atoms with van der Waals surface area (Å²) in [6.07, 6.45) is 3.69. The highest BCUT2D eigenvalue weighted by Crippen LogP contribution is 2.22. The molecule has 1 aromatic rings. The van der Waals surface area contributed by atoms with Crippen LogP contribution < -0.4 is 5.32 Å². The van der Waals surface area contributed by atoms with E-state index in [0.29, 0.717) is 11.4 Å². The molecule has 0 spiro atoms. The number of carbonyl (C=O) groups is 2. The maximum atomic E-state index is 12.6. The molecule has 2 heterocycles. The van der Waals surface area contributed by atoms with Gasteiger partial charge in [0.2, 0.25) is 5.91 Å². The lowest BCUT2D eigenvalue weighted by Crippen LogP contribution is -2.48. The van der Waals surface area contributed by atoms with Crippen LogP contribution in [-0.4, -0.2) is 59.9 Å². The van der Waals surface area contributed by atoms with Crippen LogP contribution in [0.25, 0.3) is 0 Å². The molecule has 2 atom stereocenters. The Kier molecular flexibility index (Phi) is 7.90. The predicted molar refractivity (Wildman–Crippen MR) is 103 cm³/mol. The Balaban J connectivity index is 1.81. The van der Waals surface area contributed by atoms with Gasteiger partial charge in [0.15, 0.2) is 0 Å². The van der Waals surface area contributed by atoms with E-state index in [4.69, 9.17) is 0 Å². The van der Waals surface area contributed by atoms with Gasteiger partial charge in [-0.15, -0.1) is 11.3 Å². The van der Waals surface area contributed by atoms with Gasteiger partial charge in [-0.25, -0.2) is 0 Å². The van der Waals surface area contributed by atoms with Crippen molar-refractivity contribution in [1.82, 2.24) is 15.1 Å². The smallest absolute Gasteiger partial charge is 0.264 e. The SMILES string of the molecule is CCN(CC)CCC[C@H](C)NC(=O)[C@@H]1CCCN1C(=O)c1cccs1. The summed E-state index contributed by atoms with van der Waals surface area (Å²) >= 11 is 1.44. The first-order chi connectivity index (χ1) is 12.1. The first kappa shape index (κ1) is 19.9. The average molecular weight is 366 g/mol. The molecule has 0 bridgehead atoms. The Bertz CT molecular complexity index is 543. The van der Waals surface area contributed by atoms with Crippen LogP contribution in [0.1, 0.15) is 56.1 Å². The molecule has 6 heteroatoms. The summed E-state index contributed by atoms with van der Waals surface area (Å²) < 4.78 is 0. The van der Waals surface area contributed by atoms with Crippen LogP contribution in [-0.2, 0) is 4.79 Å². The predicted octanol–water partition coefficient (Wildman–Crippen LogP) is 2.98. The van der Waals surface area contributed by atoms with Gasteiger partial charge in [-0.3, -0.25) is 9.59 Å². The lowest BCUT2D eigenvalue weighted by atomic mass is 10.1. The molecule has 1 aromatic heterocycles. The van der Waals surface area contributed by atoms with Crippen LogP contribution >= 0.6 is 11.3 Å². The molecule has 25 heavy (non-hydrogen) atoms. The third-order valence-electron chi connectivity index (χ3n) is 4.94. The Labute approximate surface area is 155 Å². The number of hydrogen-bond acceptors (Lipinski definition) is 4. The van der Waals surface area contributed by atoms with Crippen LogP contribution in [0.2, 0.25) is 0 Å². The molecule has 1 saturated heterocycles. The summed E-state index contributed by atoms with van der Waals surface area (Å²) in [5.41, 5.74) is 0. The van der Waals surface area contributed by atoms with Gasteiger partial charge in [-0.1, -0.05) is 19.9 Å². The molecule has 140 valence electrons. The largest absolute Gasteiger partial charge is 0.352 e. The first-order valence-electron chi connectivity index (χ1n) is 9.44. The van der Waals surface area contributed by atoms with E-state index in [1.54, 1.807) is 4.90 Å². The summed E-state index contributed by atoms with van der Waals surface area (Å²) in [7, 11) is 0. The number of rotatable bonds is 9. The third kappa shape index (κ3) is 5.54. The van der Waals surface area contributed by atoms with Crippen LogP contribution in [0.4, 0.5) is 0 Å². The van der Waals surface area contributed by atoms with Crippen molar-refractivity contribution in [2.75, 3.05) is 26.2 Å². The van der Waals surface area contributed by atoms with E-state index in [-0.39, 0.29) is 23.9 Å².